The number of ketones is 1. The topological polar surface area (TPSA) is 34.4 Å². The molecule has 1 saturated carbocycles. The standard InChI is InChI=1S/C12H11BrN2O/c1-7(16)11-6-15-5-9(8-2-3-8)4-10(13)12(15)14-11/h4-6,8H,2-3H2,1H3. The van der Waals surface area contributed by atoms with Crippen LogP contribution in [-0.4, -0.2) is 15.2 Å². The number of Topliss-reactive ketones (excluding diaryl/α,β-unsaturated/α-hetero) is 1. The first kappa shape index (κ1) is 10.0. The fourth-order valence-corrected chi connectivity index (χ4v) is 2.44. The highest BCUT2D eigenvalue weighted by Gasteiger charge is 2.24. The van der Waals surface area contributed by atoms with Crippen LogP contribution in [0.15, 0.2) is 22.9 Å². The molecule has 0 unspecified atom stereocenters. The molecule has 3 rings (SSSR count). The molecule has 0 radical (unpaired) electrons. The molecule has 3 nitrogen and oxygen atoms in total. The quantitative estimate of drug-likeness (QED) is 0.791. The predicted octanol–water partition coefficient (Wildman–Crippen LogP) is 3.18. The maximum Gasteiger partial charge on any atom is 0.179 e. The van der Waals surface area contributed by atoms with E-state index in [9.17, 15) is 4.79 Å². The van der Waals surface area contributed by atoms with Crippen LogP contribution in [-0.2, 0) is 0 Å². The van der Waals surface area contributed by atoms with Crippen LogP contribution in [0.4, 0.5) is 0 Å². The van der Waals surface area contributed by atoms with Gasteiger partial charge in [0.15, 0.2) is 11.4 Å². The summed E-state index contributed by atoms with van der Waals surface area (Å²) in [7, 11) is 0. The van der Waals surface area contributed by atoms with Crippen molar-refractivity contribution < 1.29 is 4.79 Å². The Morgan fingerprint density at radius 1 is 1.50 bits per heavy atom. The maximum atomic E-state index is 11.3. The number of aromatic nitrogens is 2. The minimum absolute atomic E-state index is 0.00331. The minimum atomic E-state index is 0.00331. The zero-order valence-corrected chi connectivity index (χ0v) is 10.5. The zero-order valence-electron chi connectivity index (χ0n) is 8.90. The van der Waals surface area contributed by atoms with Crippen molar-refractivity contribution in [2.75, 3.05) is 0 Å². The number of hydrogen-bond acceptors (Lipinski definition) is 2. The largest absolute Gasteiger partial charge is 0.305 e. The van der Waals surface area contributed by atoms with E-state index in [-0.39, 0.29) is 5.78 Å². The number of carbonyl (C=O) groups excluding carboxylic acids is 1. The molecule has 0 aromatic carbocycles. The molecular weight excluding hydrogens is 268 g/mol. The molecule has 1 aliphatic rings. The van der Waals surface area contributed by atoms with Gasteiger partial charge in [0, 0.05) is 19.3 Å². The SMILES string of the molecule is CC(=O)c1cn2cc(C3CC3)cc(Br)c2n1. The van der Waals surface area contributed by atoms with Crippen molar-refractivity contribution in [3.05, 3.63) is 34.2 Å². The van der Waals surface area contributed by atoms with Gasteiger partial charge >= 0.3 is 0 Å². The number of carbonyl (C=O) groups is 1. The summed E-state index contributed by atoms with van der Waals surface area (Å²) in [5, 5.41) is 0. The number of pyridine rings is 1. The number of halogens is 1. The van der Waals surface area contributed by atoms with Crippen molar-refractivity contribution in [2.45, 2.75) is 25.7 Å². The summed E-state index contributed by atoms with van der Waals surface area (Å²) in [5.74, 6) is 0.701. The van der Waals surface area contributed by atoms with Gasteiger partial charge in [-0.05, 0) is 46.3 Å². The first-order valence-corrected chi connectivity index (χ1v) is 6.13. The fourth-order valence-electron chi connectivity index (χ4n) is 1.89. The van der Waals surface area contributed by atoms with Crippen molar-refractivity contribution in [1.29, 1.82) is 0 Å². The maximum absolute atomic E-state index is 11.3. The summed E-state index contributed by atoms with van der Waals surface area (Å²) in [5.41, 5.74) is 2.66. The van der Waals surface area contributed by atoms with Gasteiger partial charge < -0.3 is 4.40 Å². The van der Waals surface area contributed by atoms with Gasteiger partial charge in [0.2, 0.25) is 0 Å². The van der Waals surface area contributed by atoms with Gasteiger partial charge in [-0.3, -0.25) is 4.79 Å². The molecule has 4 heteroatoms. The molecule has 0 N–H and O–H groups in total. The van der Waals surface area contributed by atoms with E-state index < -0.39 is 0 Å². The molecule has 0 aliphatic heterocycles. The first-order valence-electron chi connectivity index (χ1n) is 5.34. The number of fused-ring (bicyclic) bond motifs is 1. The van der Waals surface area contributed by atoms with Crippen molar-refractivity contribution >= 4 is 27.4 Å². The molecular formula is C12H11BrN2O. The lowest BCUT2D eigenvalue weighted by atomic mass is 10.2. The molecule has 0 bridgehead atoms. The lowest BCUT2D eigenvalue weighted by Gasteiger charge is -2.01. The lowest BCUT2D eigenvalue weighted by Crippen LogP contribution is -1.90. The molecule has 1 fully saturated rings. The van der Waals surface area contributed by atoms with Crippen LogP contribution in [0.1, 0.15) is 41.7 Å². The highest BCUT2D eigenvalue weighted by Crippen LogP contribution is 2.41. The molecule has 2 heterocycles. The van der Waals surface area contributed by atoms with Crippen LogP contribution in [0.2, 0.25) is 0 Å². The summed E-state index contributed by atoms with van der Waals surface area (Å²) in [6.07, 6.45) is 6.42. The van der Waals surface area contributed by atoms with Crippen LogP contribution >= 0.6 is 15.9 Å². The number of imidazole rings is 1. The number of hydrogen-bond donors (Lipinski definition) is 0. The number of nitrogens with zero attached hydrogens (tertiary/aromatic N) is 2. The van der Waals surface area contributed by atoms with Crippen molar-refractivity contribution in [1.82, 2.24) is 9.38 Å². The van der Waals surface area contributed by atoms with E-state index in [1.807, 2.05) is 4.40 Å². The smallest absolute Gasteiger partial charge is 0.179 e. The number of rotatable bonds is 2. The molecule has 16 heavy (non-hydrogen) atoms. The Morgan fingerprint density at radius 3 is 2.88 bits per heavy atom. The predicted molar refractivity (Wildman–Crippen MR) is 64.9 cm³/mol. The Morgan fingerprint density at radius 2 is 2.25 bits per heavy atom. The summed E-state index contributed by atoms with van der Waals surface area (Å²) in [6.45, 7) is 1.54. The van der Waals surface area contributed by atoms with E-state index in [0.717, 1.165) is 10.1 Å². The molecule has 0 amide bonds. The van der Waals surface area contributed by atoms with Gasteiger partial charge in [0.25, 0.3) is 0 Å². The molecule has 0 atom stereocenters. The summed E-state index contributed by atoms with van der Waals surface area (Å²) >= 11 is 3.51. The van der Waals surface area contributed by atoms with Gasteiger partial charge in [-0.2, -0.15) is 0 Å². The summed E-state index contributed by atoms with van der Waals surface area (Å²) < 4.78 is 2.90. The van der Waals surface area contributed by atoms with E-state index in [4.69, 9.17) is 0 Å². The minimum Gasteiger partial charge on any atom is -0.305 e. The third-order valence-electron chi connectivity index (χ3n) is 2.94. The molecule has 82 valence electrons. The van der Waals surface area contributed by atoms with Crippen LogP contribution in [0.3, 0.4) is 0 Å². The van der Waals surface area contributed by atoms with Gasteiger partial charge in [-0.1, -0.05) is 0 Å². The third-order valence-corrected chi connectivity index (χ3v) is 3.52. The van der Waals surface area contributed by atoms with Crippen LogP contribution in [0, 0.1) is 0 Å². The Labute approximate surface area is 102 Å². The third kappa shape index (κ3) is 1.57. The Kier molecular flexibility index (Phi) is 2.14. The Balaban J connectivity index is 2.21. The zero-order chi connectivity index (χ0) is 11.3. The second-order valence-electron chi connectivity index (χ2n) is 4.31. The second-order valence-corrected chi connectivity index (χ2v) is 5.16. The van der Waals surface area contributed by atoms with Crippen LogP contribution < -0.4 is 0 Å². The normalized spacial score (nSPS) is 15.6. The van der Waals surface area contributed by atoms with Gasteiger partial charge in [0.05, 0.1) is 4.47 Å². The van der Waals surface area contributed by atoms with Crippen LogP contribution in [0.25, 0.3) is 5.65 Å². The highest BCUT2D eigenvalue weighted by atomic mass is 79.9. The monoisotopic (exact) mass is 278 g/mol. The van der Waals surface area contributed by atoms with E-state index in [1.165, 1.54) is 25.3 Å². The van der Waals surface area contributed by atoms with E-state index in [0.29, 0.717) is 11.6 Å². The molecule has 2 aromatic heterocycles. The van der Waals surface area contributed by atoms with Crippen molar-refractivity contribution in [2.24, 2.45) is 0 Å². The summed E-state index contributed by atoms with van der Waals surface area (Å²) in [6, 6.07) is 2.11. The van der Waals surface area contributed by atoms with Gasteiger partial charge in [-0.25, -0.2) is 4.98 Å². The molecule has 1 aliphatic carbocycles. The molecule has 0 saturated heterocycles. The average Bonchev–Trinajstić information content (AvgIpc) is 2.97. The fraction of sp³-hybridized carbons (Fsp3) is 0.333. The lowest BCUT2D eigenvalue weighted by molar-refractivity contribution is 0.101. The first-order chi connectivity index (χ1) is 7.65. The molecule has 0 spiro atoms. The average molecular weight is 279 g/mol. The van der Waals surface area contributed by atoms with Crippen LogP contribution in [0.5, 0.6) is 0 Å². The second kappa shape index (κ2) is 3.42. The van der Waals surface area contributed by atoms with Gasteiger partial charge in [0.1, 0.15) is 5.69 Å². The Bertz CT molecular complexity index is 584. The van der Waals surface area contributed by atoms with Crippen molar-refractivity contribution in [3.8, 4) is 0 Å². The van der Waals surface area contributed by atoms with E-state index >= 15 is 0 Å². The van der Waals surface area contributed by atoms with E-state index in [2.05, 4.69) is 33.2 Å². The van der Waals surface area contributed by atoms with Gasteiger partial charge in [-0.15, -0.1) is 0 Å². The highest BCUT2D eigenvalue weighted by molar-refractivity contribution is 9.10. The summed E-state index contributed by atoms with van der Waals surface area (Å²) in [4.78, 5) is 15.6. The Hall–Kier alpha value is -1.16. The van der Waals surface area contributed by atoms with E-state index in [1.54, 1.807) is 6.20 Å². The molecule has 2 aromatic rings. The van der Waals surface area contributed by atoms with Crippen molar-refractivity contribution in [3.63, 3.8) is 0 Å².